The minimum Gasteiger partial charge on any atom is -0.455 e. The number of carbonyl (C=O) groups excluding carboxylic acids is 1. The van der Waals surface area contributed by atoms with Crippen LogP contribution >= 0.6 is 12.4 Å². The summed E-state index contributed by atoms with van der Waals surface area (Å²) in [6.07, 6.45) is 0.992. The first-order valence-corrected chi connectivity index (χ1v) is 8.37. The van der Waals surface area contributed by atoms with E-state index in [1.165, 1.54) is 0 Å². The maximum absolute atomic E-state index is 12.9. The molecule has 2 aromatic carbocycles. The Labute approximate surface area is 159 Å². The van der Waals surface area contributed by atoms with Crippen LogP contribution in [0, 0.1) is 0 Å². The molecule has 0 radical (unpaired) electrons. The van der Waals surface area contributed by atoms with Gasteiger partial charge in [0.1, 0.15) is 12.4 Å². The van der Waals surface area contributed by atoms with Crippen LogP contribution in [0.15, 0.2) is 65.7 Å². The van der Waals surface area contributed by atoms with Gasteiger partial charge in [0.2, 0.25) is 5.60 Å². The van der Waals surface area contributed by atoms with Crippen molar-refractivity contribution in [1.29, 1.82) is 0 Å². The van der Waals surface area contributed by atoms with Crippen LogP contribution in [0.5, 0.6) is 0 Å². The Balaban J connectivity index is 0.00000243. The van der Waals surface area contributed by atoms with E-state index in [1.54, 1.807) is 48.5 Å². The van der Waals surface area contributed by atoms with Crippen LogP contribution in [-0.2, 0) is 15.1 Å². The van der Waals surface area contributed by atoms with Gasteiger partial charge in [-0.25, -0.2) is 4.79 Å². The minimum absolute atomic E-state index is 0. The van der Waals surface area contributed by atoms with Gasteiger partial charge in [0.25, 0.3) is 0 Å². The fourth-order valence-electron chi connectivity index (χ4n) is 2.92. The van der Waals surface area contributed by atoms with Crippen LogP contribution in [-0.4, -0.2) is 48.6 Å². The number of rotatable bonds is 5. The number of carbonyl (C=O) groups is 1. The summed E-state index contributed by atoms with van der Waals surface area (Å²) in [5.41, 5.74) is -0.897. The van der Waals surface area contributed by atoms with Crippen molar-refractivity contribution in [2.24, 2.45) is 4.99 Å². The molecule has 0 spiro atoms. The highest BCUT2D eigenvalue weighted by Crippen LogP contribution is 2.31. The number of esters is 1. The zero-order valence-corrected chi connectivity index (χ0v) is 15.5. The van der Waals surface area contributed by atoms with Crippen molar-refractivity contribution in [3.8, 4) is 0 Å². The lowest BCUT2D eigenvalue weighted by atomic mass is 9.86. The van der Waals surface area contributed by atoms with Crippen molar-refractivity contribution < 1.29 is 14.6 Å². The van der Waals surface area contributed by atoms with Crippen LogP contribution in [0.25, 0.3) is 0 Å². The van der Waals surface area contributed by atoms with Crippen LogP contribution in [0.4, 0.5) is 0 Å². The summed E-state index contributed by atoms with van der Waals surface area (Å²) in [4.78, 5) is 19.2. The SMILES string of the molecule is CN1CCCN=C1COC(=O)C(O)(c1ccccc1)c1ccccc1.Cl. The topological polar surface area (TPSA) is 62.1 Å². The van der Waals surface area contributed by atoms with Gasteiger partial charge in [-0.1, -0.05) is 60.7 Å². The Kier molecular flexibility index (Phi) is 6.77. The average Bonchev–Trinajstić information content (AvgIpc) is 2.68. The van der Waals surface area contributed by atoms with E-state index in [9.17, 15) is 9.90 Å². The van der Waals surface area contributed by atoms with E-state index >= 15 is 0 Å². The molecule has 1 N–H and O–H groups in total. The largest absolute Gasteiger partial charge is 0.455 e. The highest BCUT2D eigenvalue weighted by atomic mass is 35.5. The Morgan fingerprint density at radius 3 is 2.15 bits per heavy atom. The van der Waals surface area contributed by atoms with Gasteiger partial charge < -0.3 is 14.7 Å². The van der Waals surface area contributed by atoms with E-state index in [2.05, 4.69) is 4.99 Å². The lowest BCUT2D eigenvalue weighted by Crippen LogP contribution is -2.42. The Morgan fingerprint density at radius 2 is 1.65 bits per heavy atom. The quantitative estimate of drug-likeness (QED) is 0.817. The van der Waals surface area contributed by atoms with Crippen molar-refractivity contribution in [2.45, 2.75) is 12.0 Å². The number of likely N-dealkylation sites (N-methyl/N-ethyl adjacent to an activating group) is 1. The molecule has 6 heteroatoms. The number of aliphatic imine (C=N–C) groups is 1. The van der Waals surface area contributed by atoms with E-state index in [4.69, 9.17) is 4.74 Å². The van der Waals surface area contributed by atoms with Crippen LogP contribution in [0.1, 0.15) is 17.5 Å². The molecule has 0 unspecified atom stereocenters. The zero-order chi connectivity index (χ0) is 17.7. The average molecular weight is 375 g/mol. The number of nitrogens with zero attached hydrogens (tertiary/aromatic N) is 2. The second-order valence-corrected chi connectivity index (χ2v) is 6.09. The molecule has 0 saturated carbocycles. The molecule has 2 aromatic rings. The van der Waals surface area contributed by atoms with Crippen molar-refractivity contribution >= 4 is 24.2 Å². The summed E-state index contributed by atoms with van der Waals surface area (Å²) in [6.45, 7) is 1.67. The van der Waals surface area contributed by atoms with E-state index in [-0.39, 0.29) is 19.0 Å². The predicted molar refractivity (Wildman–Crippen MR) is 104 cm³/mol. The number of benzene rings is 2. The molecular weight excluding hydrogens is 352 g/mol. The molecule has 0 aromatic heterocycles. The summed E-state index contributed by atoms with van der Waals surface area (Å²) in [5.74, 6) is 0.0228. The molecule has 0 saturated heterocycles. The summed E-state index contributed by atoms with van der Waals surface area (Å²) < 4.78 is 5.46. The second-order valence-electron chi connectivity index (χ2n) is 6.09. The maximum Gasteiger partial charge on any atom is 0.348 e. The molecule has 0 atom stereocenters. The Hall–Kier alpha value is -2.37. The number of aliphatic hydroxyl groups is 1. The van der Waals surface area contributed by atoms with Gasteiger partial charge in [0, 0.05) is 20.1 Å². The molecule has 5 nitrogen and oxygen atoms in total. The molecule has 0 amide bonds. The van der Waals surface area contributed by atoms with Gasteiger partial charge in [-0.05, 0) is 17.5 Å². The molecule has 26 heavy (non-hydrogen) atoms. The van der Waals surface area contributed by atoms with Crippen LogP contribution in [0.3, 0.4) is 0 Å². The van der Waals surface area contributed by atoms with Gasteiger partial charge >= 0.3 is 5.97 Å². The first-order chi connectivity index (χ1) is 12.1. The van der Waals surface area contributed by atoms with E-state index < -0.39 is 11.6 Å². The third-order valence-electron chi connectivity index (χ3n) is 4.40. The standard InChI is InChI=1S/C20H22N2O3.ClH/c1-22-14-8-13-21-18(22)15-25-19(23)20(24,16-9-4-2-5-10-16)17-11-6-3-7-12-17;/h2-7,9-12,24H,8,13-15H2,1H3;1H. The monoisotopic (exact) mass is 374 g/mol. The maximum atomic E-state index is 12.9. The third-order valence-corrected chi connectivity index (χ3v) is 4.40. The van der Waals surface area contributed by atoms with Gasteiger partial charge in [-0.3, -0.25) is 4.99 Å². The molecule has 1 heterocycles. The number of halogens is 1. The van der Waals surface area contributed by atoms with E-state index in [1.807, 2.05) is 24.1 Å². The normalized spacial score (nSPS) is 14.2. The lowest BCUT2D eigenvalue weighted by Gasteiger charge is -2.29. The number of hydrogen-bond acceptors (Lipinski definition) is 5. The van der Waals surface area contributed by atoms with Gasteiger partial charge in [0.05, 0.1) is 0 Å². The summed E-state index contributed by atoms with van der Waals surface area (Å²) in [7, 11) is 1.92. The smallest absolute Gasteiger partial charge is 0.348 e. The molecule has 1 aliphatic heterocycles. The van der Waals surface area contributed by atoms with Gasteiger partial charge in [-0.2, -0.15) is 0 Å². The van der Waals surface area contributed by atoms with Crippen molar-refractivity contribution in [2.75, 3.05) is 26.7 Å². The Morgan fingerprint density at radius 1 is 1.12 bits per heavy atom. The van der Waals surface area contributed by atoms with Crippen LogP contribution in [0.2, 0.25) is 0 Å². The fourth-order valence-corrected chi connectivity index (χ4v) is 2.92. The Bertz CT molecular complexity index is 711. The van der Waals surface area contributed by atoms with Gasteiger partial charge in [-0.15, -0.1) is 12.4 Å². The summed E-state index contributed by atoms with van der Waals surface area (Å²) in [5, 5.41) is 11.3. The minimum atomic E-state index is -1.85. The summed E-state index contributed by atoms with van der Waals surface area (Å²) >= 11 is 0. The molecule has 0 aliphatic carbocycles. The molecule has 0 bridgehead atoms. The van der Waals surface area contributed by atoms with Gasteiger partial charge in [0.15, 0.2) is 0 Å². The molecule has 0 fully saturated rings. The molecule has 138 valence electrons. The lowest BCUT2D eigenvalue weighted by molar-refractivity contribution is -0.160. The zero-order valence-electron chi connectivity index (χ0n) is 14.7. The highest BCUT2D eigenvalue weighted by Gasteiger charge is 2.41. The number of amidine groups is 1. The number of hydrogen-bond donors (Lipinski definition) is 1. The molecule has 3 rings (SSSR count). The first kappa shape index (κ1) is 19.9. The van der Waals surface area contributed by atoms with Crippen molar-refractivity contribution in [3.63, 3.8) is 0 Å². The first-order valence-electron chi connectivity index (χ1n) is 8.37. The summed E-state index contributed by atoms with van der Waals surface area (Å²) in [6, 6.07) is 17.7. The number of ether oxygens (including phenoxy) is 1. The second kappa shape index (κ2) is 8.83. The van der Waals surface area contributed by atoms with Crippen molar-refractivity contribution in [1.82, 2.24) is 4.90 Å². The predicted octanol–water partition coefficient (Wildman–Crippen LogP) is 2.62. The van der Waals surface area contributed by atoms with E-state index in [0.29, 0.717) is 11.1 Å². The van der Waals surface area contributed by atoms with Crippen molar-refractivity contribution in [3.05, 3.63) is 71.8 Å². The van der Waals surface area contributed by atoms with Crippen LogP contribution < -0.4 is 0 Å². The molecular formula is C20H23ClN2O3. The fraction of sp³-hybridized carbons (Fsp3) is 0.300. The highest BCUT2D eigenvalue weighted by molar-refractivity contribution is 5.89. The molecule has 1 aliphatic rings. The van der Waals surface area contributed by atoms with E-state index in [0.717, 1.165) is 25.3 Å². The third kappa shape index (κ3) is 4.06.